The summed E-state index contributed by atoms with van der Waals surface area (Å²) in [6.45, 7) is 0.570. The number of ether oxygens (including phenoxy) is 2. The molecule has 88 valence electrons. The first kappa shape index (κ1) is 10.3. The van der Waals surface area contributed by atoms with Crippen molar-refractivity contribution in [3.8, 4) is 0 Å². The van der Waals surface area contributed by atoms with Crippen LogP contribution in [0.25, 0.3) is 0 Å². The van der Waals surface area contributed by atoms with Crippen molar-refractivity contribution in [3.63, 3.8) is 0 Å². The highest BCUT2D eigenvalue weighted by molar-refractivity contribution is 6.05. The standard InChI is InChI=1S/C13H12O4/c14-11(13-6-10(13)8-17-12(13)15)16-7-9-4-2-1-3-5-9/h1-5,10H,6-8H2/t10-,13-/m1/s1. The average Bonchev–Trinajstić information content (AvgIpc) is 3.02. The largest absolute Gasteiger partial charge is 0.464 e. The number of rotatable bonds is 3. The van der Waals surface area contributed by atoms with Gasteiger partial charge in [0.25, 0.3) is 0 Å². The highest BCUT2D eigenvalue weighted by Gasteiger charge is 2.72. The van der Waals surface area contributed by atoms with E-state index in [1.165, 1.54) is 0 Å². The Morgan fingerprint density at radius 3 is 2.76 bits per heavy atom. The van der Waals surface area contributed by atoms with Gasteiger partial charge in [-0.2, -0.15) is 0 Å². The Balaban J connectivity index is 1.64. The zero-order valence-corrected chi connectivity index (χ0v) is 9.22. The second kappa shape index (κ2) is 3.58. The molecule has 2 fully saturated rings. The van der Waals surface area contributed by atoms with Crippen molar-refractivity contribution in [1.82, 2.24) is 0 Å². The monoisotopic (exact) mass is 232 g/mol. The highest BCUT2D eigenvalue weighted by atomic mass is 16.6. The normalized spacial score (nSPS) is 29.4. The van der Waals surface area contributed by atoms with E-state index in [0.29, 0.717) is 13.0 Å². The minimum absolute atomic E-state index is 0.0401. The van der Waals surface area contributed by atoms with E-state index in [2.05, 4.69) is 0 Å². The zero-order chi connectivity index (χ0) is 11.9. The minimum atomic E-state index is -0.964. The van der Waals surface area contributed by atoms with Crippen LogP contribution in [0.4, 0.5) is 0 Å². The summed E-state index contributed by atoms with van der Waals surface area (Å²) in [5, 5.41) is 0. The van der Waals surface area contributed by atoms with Gasteiger partial charge in [-0.1, -0.05) is 30.3 Å². The van der Waals surface area contributed by atoms with E-state index in [1.54, 1.807) is 0 Å². The summed E-state index contributed by atoms with van der Waals surface area (Å²) in [5.74, 6) is -0.812. The predicted molar refractivity (Wildman–Crippen MR) is 57.7 cm³/mol. The molecule has 1 aromatic carbocycles. The van der Waals surface area contributed by atoms with Gasteiger partial charge in [-0.3, -0.25) is 9.59 Å². The minimum Gasteiger partial charge on any atom is -0.464 e. The fraction of sp³-hybridized carbons (Fsp3) is 0.385. The first-order valence-electron chi connectivity index (χ1n) is 5.62. The SMILES string of the molecule is O=C(OCc1ccccc1)[C@@]12C[C@@H]1COC2=O. The molecule has 4 heteroatoms. The summed E-state index contributed by atoms with van der Waals surface area (Å²) in [6.07, 6.45) is 0.583. The van der Waals surface area contributed by atoms with Gasteiger partial charge in [0, 0.05) is 5.92 Å². The van der Waals surface area contributed by atoms with Crippen LogP contribution >= 0.6 is 0 Å². The van der Waals surface area contributed by atoms with Crippen LogP contribution in [0.1, 0.15) is 12.0 Å². The molecule has 0 spiro atoms. The number of fused-ring (bicyclic) bond motifs is 1. The van der Waals surface area contributed by atoms with Gasteiger partial charge in [-0.05, 0) is 12.0 Å². The van der Waals surface area contributed by atoms with Gasteiger partial charge in [0.05, 0.1) is 6.61 Å². The molecule has 0 aromatic heterocycles. The predicted octanol–water partition coefficient (Wildman–Crippen LogP) is 1.29. The Bertz CT molecular complexity index is 468. The van der Waals surface area contributed by atoms with Crippen molar-refractivity contribution in [2.24, 2.45) is 11.3 Å². The molecule has 0 N–H and O–H groups in total. The van der Waals surface area contributed by atoms with Gasteiger partial charge < -0.3 is 9.47 Å². The number of esters is 2. The lowest BCUT2D eigenvalue weighted by Crippen LogP contribution is -2.26. The fourth-order valence-electron chi connectivity index (χ4n) is 2.27. The van der Waals surface area contributed by atoms with Crippen LogP contribution in [0.5, 0.6) is 0 Å². The summed E-state index contributed by atoms with van der Waals surface area (Å²) in [5.41, 5.74) is -0.0461. The Morgan fingerprint density at radius 1 is 1.41 bits per heavy atom. The van der Waals surface area contributed by atoms with Gasteiger partial charge in [0.15, 0.2) is 5.41 Å². The number of benzene rings is 1. The number of carbonyl (C=O) groups excluding carboxylic acids is 2. The summed E-state index contributed by atoms with van der Waals surface area (Å²) in [4.78, 5) is 23.3. The molecule has 1 aliphatic heterocycles. The van der Waals surface area contributed by atoms with E-state index < -0.39 is 17.4 Å². The van der Waals surface area contributed by atoms with Gasteiger partial charge in [-0.15, -0.1) is 0 Å². The molecule has 0 bridgehead atoms. The molecule has 1 heterocycles. The van der Waals surface area contributed by atoms with Crippen LogP contribution in [0.2, 0.25) is 0 Å². The maximum atomic E-state index is 11.9. The van der Waals surface area contributed by atoms with Crippen molar-refractivity contribution < 1.29 is 19.1 Å². The molecule has 2 atom stereocenters. The van der Waals surface area contributed by atoms with E-state index in [0.717, 1.165) is 5.56 Å². The molecular formula is C13H12O4. The van der Waals surface area contributed by atoms with E-state index in [9.17, 15) is 9.59 Å². The van der Waals surface area contributed by atoms with E-state index in [-0.39, 0.29) is 12.5 Å². The number of hydrogen-bond donors (Lipinski definition) is 0. The summed E-state index contributed by atoms with van der Waals surface area (Å²) < 4.78 is 10.0. The van der Waals surface area contributed by atoms with E-state index in [1.807, 2.05) is 30.3 Å². The lowest BCUT2D eigenvalue weighted by Gasteiger charge is -2.09. The maximum absolute atomic E-state index is 11.9. The Morgan fingerprint density at radius 2 is 2.18 bits per heavy atom. The van der Waals surface area contributed by atoms with Crippen LogP contribution in [0.3, 0.4) is 0 Å². The number of carbonyl (C=O) groups is 2. The van der Waals surface area contributed by atoms with Crippen LogP contribution in [-0.2, 0) is 25.7 Å². The molecular weight excluding hydrogens is 220 g/mol. The molecule has 17 heavy (non-hydrogen) atoms. The third-order valence-electron chi connectivity index (χ3n) is 3.46. The Kier molecular flexibility index (Phi) is 2.18. The lowest BCUT2D eigenvalue weighted by molar-refractivity contribution is -0.161. The van der Waals surface area contributed by atoms with Crippen LogP contribution in [0.15, 0.2) is 30.3 Å². The van der Waals surface area contributed by atoms with Crippen molar-refractivity contribution >= 4 is 11.9 Å². The Hall–Kier alpha value is -1.84. The first-order chi connectivity index (χ1) is 8.23. The second-order valence-corrected chi connectivity index (χ2v) is 4.53. The smallest absolute Gasteiger partial charge is 0.324 e. The zero-order valence-electron chi connectivity index (χ0n) is 9.22. The molecule has 1 saturated carbocycles. The molecule has 2 aliphatic rings. The molecule has 0 unspecified atom stereocenters. The van der Waals surface area contributed by atoms with Crippen molar-refractivity contribution in [2.45, 2.75) is 13.0 Å². The van der Waals surface area contributed by atoms with Crippen molar-refractivity contribution in [1.29, 1.82) is 0 Å². The molecule has 3 rings (SSSR count). The van der Waals surface area contributed by atoms with Crippen molar-refractivity contribution in [3.05, 3.63) is 35.9 Å². The summed E-state index contributed by atoms with van der Waals surface area (Å²) >= 11 is 0. The molecule has 0 radical (unpaired) electrons. The average molecular weight is 232 g/mol. The first-order valence-corrected chi connectivity index (χ1v) is 5.62. The summed E-state index contributed by atoms with van der Waals surface area (Å²) in [7, 11) is 0. The number of cyclic esters (lactones) is 1. The summed E-state index contributed by atoms with van der Waals surface area (Å²) in [6, 6.07) is 9.41. The fourth-order valence-corrected chi connectivity index (χ4v) is 2.27. The van der Waals surface area contributed by atoms with Crippen LogP contribution in [0, 0.1) is 11.3 Å². The number of hydrogen-bond acceptors (Lipinski definition) is 4. The molecule has 4 nitrogen and oxygen atoms in total. The van der Waals surface area contributed by atoms with Gasteiger partial charge in [0.2, 0.25) is 0 Å². The quantitative estimate of drug-likeness (QED) is 0.582. The molecule has 0 amide bonds. The molecule has 1 aromatic rings. The van der Waals surface area contributed by atoms with Crippen molar-refractivity contribution in [2.75, 3.05) is 6.61 Å². The molecule has 1 aliphatic carbocycles. The highest BCUT2D eigenvalue weighted by Crippen LogP contribution is 2.58. The van der Waals surface area contributed by atoms with Gasteiger partial charge >= 0.3 is 11.9 Å². The van der Waals surface area contributed by atoms with Gasteiger partial charge in [-0.25, -0.2) is 0 Å². The topological polar surface area (TPSA) is 52.6 Å². The molecule has 1 saturated heterocycles. The lowest BCUT2D eigenvalue weighted by atomic mass is 10.1. The van der Waals surface area contributed by atoms with Gasteiger partial charge in [0.1, 0.15) is 6.61 Å². The third kappa shape index (κ3) is 1.52. The second-order valence-electron chi connectivity index (χ2n) is 4.53. The van der Waals surface area contributed by atoms with Crippen LogP contribution in [-0.4, -0.2) is 18.5 Å². The van der Waals surface area contributed by atoms with Crippen LogP contribution < -0.4 is 0 Å². The maximum Gasteiger partial charge on any atom is 0.324 e. The third-order valence-corrected chi connectivity index (χ3v) is 3.46. The van der Waals surface area contributed by atoms with E-state index in [4.69, 9.17) is 9.47 Å². The van der Waals surface area contributed by atoms with E-state index >= 15 is 0 Å². The Labute approximate surface area is 98.5 Å².